The maximum absolute atomic E-state index is 13.2. The van der Waals surface area contributed by atoms with Gasteiger partial charge in [0.1, 0.15) is 16.7 Å². The van der Waals surface area contributed by atoms with Gasteiger partial charge in [0.25, 0.3) is 5.91 Å². The number of rotatable bonds is 12. The number of carboxylic acids is 1. The van der Waals surface area contributed by atoms with Gasteiger partial charge in [-0.05, 0) is 54.3 Å². The molecule has 1 N–H and O–H groups in total. The van der Waals surface area contributed by atoms with Gasteiger partial charge in [-0.15, -0.1) is 0 Å². The lowest BCUT2D eigenvalue weighted by Gasteiger charge is -2.26. The van der Waals surface area contributed by atoms with Crippen LogP contribution in [0.3, 0.4) is 0 Å². The third-order valence-corrected chi connectivity index (χ3v) is 8.51. The molecule has 2 fully saturated rings. The van der Waals surface area contributed by atoms with Crippen LogP contribution in [0.5, 0.6) is 5.75 Å². The lowest BCUT2D eigenvalue weighted by Crippen LogP contribution is -2.38. The standard InChI is InChI=1S/C29H30ClF3N2O5S2/c30-23-17-20(5-7-22(23)29(31,32)33)19-6-8-24(40-15-12-34-10-13-39-14-11-34)21(16-19)18-25-27(38)35(28(41)42-25)9-3-1-2-4-26(36)37/h5-8,16-18H,1-4,9-15H2,(H,36,37). The number of ether oxygens (including phenoxy) is 2. The highest BCUT2D eigenvalue weighted by Gasteiger charge is 2.33. The van der Waals surface area contributed by atoms with Gasteiger partial charge in [-0.2, -0.15) is 13.2 Å². The van der Waals surface area contributed by atoms with E-state index in [2.05, 4.69) is 4.90 Å². The highest BCUT2D eigenvalue weighted by atomic mass is 35.5. The summed E-state index contributed by atoms with van der Waals surface area (Å²) in [5, 5.41) is 8.40. The molecule has 0 unspecified atom stereocenters. The summed E-state index contributed by atoms with van der Waals surface area (Å²) in [6.45, 7) is 4.40. The Morgan fingerprint density at radius 3 is 2.50 bits per heavy atom. The SMILES string of the molecule is O=C(O)CCCCCN1C(=O)C(=Cc2cc(-c3ccc(C(F)(F)F)c(Cl)c3)ccc2OCCN2CCOCC2)SC1=S. The number of halogens is 4. The number of unbranched alkanes of at least 4 members (excludes halogenated alkanes) is 2. The zero-order valence-electron chi connectivity index (χ0n) is 22.6. The number of hydrogen-bond donors (Lipinski definition) is 1. The Kier molecular flexibility index (Phi) is 11.3. The molecule has 0 radical (unpaired) electrons. The van der Waals surface area contributed by atoms with Crippen molar-refractivity contribution in [1.82, 2.24) is 9.80 Å². The Morgan fingerprint density at radius 1 is 1.10 bits per heavy atom. The number of carbonyl (C=O) groups excluding carboxylic acids is 1. The van der Waals surface area contributed by atoms with Gasteiger partial charge in [-0.1, -0.05) is 54.1 Å². The molecule has 2 aromatic rings. The van der Waals surface area contributed by atoms with Crippen LogP contribution < -0.4 is 4.74 Å². The third kappa shape index (κ3) is 8.70. The van der Waals surface area contributed by atoms with Crippen molar-refractivity contribution in [2.45, 2.75) is 31.9 Å². The number of aliphatic carboxylic acids is 1. The molecule has 7 nitrogen and oxygen atoms in total. The van der Waals surface area contributed by atoms with Gasteiger partial charge >= 0.3 is 12.1 Å². The molecule has 0 atom stereocenters. The second-order valence-corrected chi connectivity index (χ2v) is 11.9. The molecule has 42 heavy (non-hydrogen) atoms. The zero-order valence-corrected chi connectivity index (χ0v) is 25.0. The van der Waals surface area contributed by atoms with Gasteiger partial charge in [-0.3, -0.25) is 19.4 Å². The van der Waals surface area contributed by atoms with Crippen LogP contribution in [0.4, 0.5) is 13.2 Å². The van der Waals surface area contributed by atoms with Crippen molar-refractivity contribution < 1.29 is 37.3 Å². The van der Waals surface area contributed by atoms with Crippen LogP contribution in [0.15, 0.2) is 41.3 Å². The first-order valence-corrected chi connectivity index (χ1v) is 15.0. The van der Waals surface area contributed by atoms with E-state index in [1.54, 1.807) is 24.3 Å². The fraction of sp³-hybridized carbons (Fsp3) is 0.414. The summed E-state index contributed by atoms with van der Waals surface area (Å²) in [5.74, 6) is -0.596. The molecule has 0 aromatic heterocycles. The number of thioether (sulfide) groups is 1. The molecule has 2 aliphatic heterocycles. The predicted molar refractivity (Wildman–Crippen MR) is 161 cm³/mol. The molecule has 4 rings (SSSR count). The molecule has 0 spiro atoms. The second-order valence-electron chi connectivity index (χ2n) is 9.79. The Morgan fingerprint density at radius 2 is 1.81 bits per heavy atom. The van der Waals surface area contributed by atoms with Gasteiger partial charge < -0.3 is 14.6 Å². The number of amides is 1. The molecular weight excluding hydrogens is 613 g/mol. The molecule has 2 heterocycles. The van der Waals surface area contributed by atoms with Gasteiger partial charge in [0.2, 0.25) is 0 Å². The number of hydrogen-bond acceptors (Lipinski definition) is 7. The first-order valence-electron chi connectivity index (χ1n) is 13.4. The summed E-state index contributed by atoms with van der Waals surface area (Å²) in [6.07, 6.45) is -1.01. The van der Waals surface area contributed by atoms with E-state index in [0.29, 0.717) is 83.8 Å². The topological polar surface area (TPSA) is 79.3 Å². The lowest BCUT2D eigenvalue weighted by atomic mass is 10.0. The van der Waals surface area contributed by atoms with E-state index in [1.165, 1.54) is 17.0 Å². The number of carboxylic acid groups (broad SMARTS) is 1. The molecule has 13 heteroatoms. The number of nitrogens with zero attached hydrogens (tertiary/aromatic N) is 2. The number of benzene rings is 2. The monoisotopic (exact) mass is 642 g/mol. The largest absolute Gasteiger partial charge is 0.492 e. The van der Waals surface area contributed by atoms with Crippen LogP contribution in [0.25, 0.3) is 17.2 Å². The van der Waals surface area contributed by atoms with Gasteiger partial charge in [0.15, 0.2) is 0 Å². The smallest absolute Gasteiger partial charge is 0.417 e. The molecule has 1 amide bonds. The molecule has 0 bridgehead atoms. The lowest BCUT2D eigenvalue weighted by molar-refractivity contribution is -0.138. The number of thiocarbonyl (C=S) groups is 1. The maximum Gasteiger partial charge on any atom is 0.417 e. The number of carbonyl (C=O) groups is 2. The van der Waals surface area contributed by atoms with Gasteiger partial charge in [-0.25, -0.2) is 0 Å². The zero-order chi connectivity index (χ0) is 30.3. The van der Waals surface area contributed by atoms with E-state index in [1.807, 2.05) is 0 Å². The van der Waals surface area contributed by atoms with Gasteiger partial charge in [0.05, 0.1) is 28.7 Å². The Balaban J connectivity index is 1.56. The summed E-state index contributed by atoms with van der Waals surface area (Å²) < 4.78 is 51.6. The van der Waals surface area contributed by atoms with Crippen LogP contribution in [-0.2, 0) is 20.5 Å². The van der Waals surface area contributed by atoms with Crippen LogP contribution in [0.1, 0.15) is 36.8 Å². The van der Waals surface area contributed by atoms with Gasteiger partial charge in [0, 0.05) is 38.2 Å². The van der Waals surface area contributed by atoms with Crippen LogP contribution in [0.2, 0.25) is 5.02 Å². The van der Waals surface area contributed by atoms with E-state index < -0.39 is 22.7 Å². The number of alkyl halides is 3. The van der Waals surface area contributed by atoms with Crippen LogP contribution in [-0.4, -0.2) is 77.1 Å². The highest BCUT2D eigenvalue weighted by Crippen LogP contribution is 2.39. The minimum atomic E-state index is -4.57. The third-order valence-electron chi connectivity index (χ3n) is 6.82. The molecular formula is C29H30ClF3N2O5S2. The summed E-state index contributed by atoms with van der Waals surface area (Å²) in [6, 6.07) is 8.80. The second kappa shape index (κ2) is 14.7. The average molecular weight is 643 g/mol. The molecule has 0 saturated carbocycles. The fourth-order valence-corrected chi connectivity index (χ4v) is 6.15. The Labute approximate surface area is 256 Å². The van der Waals surface area contributed by atoms with Crippen molar-refractivity contribution in [3.8, 4) is 16.9 Å². The molecule has 2 aliphatic rings. The molecule has 2 saturated heterocycles. The van der Waals surface area contributed by atoms with Crippen molar-refractivity contribution in [3.63, 3.8) is 0 Å². The Bertz CT molecular complexity index is 1350. The van der Waals surface area contributed by atoms with Crippen molar-refractivity contribution in [2.24, 2.45) is 0 Å². The minimum Gasteiger partial charge on any atom is -0.492 e. The first-order chi connectivity index (χ1) is 20.0. The molecule has 0 aliphatic carbocycles. The van der Waals surface area contributed by atoms with Crippen LogP contribution >= 0.6 is 35.6 Å². The van der Waals surface area contributed by atoms with Crippen LogP contribution in [0, 0.1) is 0 Å². The summed E-state index contributed by atoms with van der Waals surface area (Å²) in [4.78, 5) is 28.1. The minimum absolute atomic E-state index is 0.0765. The predicted octanol–water partition coefficient (Wildman–Crippen LogP) is 6.58. The first kappa shape index (κ1) is 32.3. The number of morpholine rings is 1. The van der Waals surface area contributed by atoms with E-state index in [9.17, 15) is 22.8 Å². The quantitative estimate of drug-likeness (QED) is 0.158. The van der Waals surface area contributed by atoms with E-state index in [4.69, 9.17) is 38.4 Å². The maximum atomic E-state index is 13.2. The normalized spacial score (nSPS) is 17.3. The van der Waals surface area contributed by atoms with E-state index in [0.717, 1.165) is 30.9 Å². The molecule has 226 valence electrons. The van der Waals surface area contributed by atoms with E-state index >= 15 is 0 Å². The van der Waals surface area contributed by atoms with E-state index in [-0.39, 0.29) is 12.3 Å². The Hall–Kier alpha value is -2.64. The molecule has 2 aromatic carbocycles. The summed E-state index contributed by atoms with van der Waals surface area (Å²) >= 11 is 12.6. The summed E-state index contributed by atoms with van der Waals surface area (Å²) in [5.41, 5.74) is 0.748. The highest BCUT2D eigenvalue weighted by molar-refractivity contribution is 8.26. The average Bonchev–Trinajstić information content (AvgIpc) is 3.20. The van der Waals surface area contributed by atoms with Crippen molar-refractivity contribution in [1.29, 1.82) is 0 Å². The van der Waals surface area contributed by atoms with Crippen molar-refractivity contribution in [3.05, 3.63) is 57.5 Å². The fourth-order valence-electron chi connectivity index (χ4n) is 4.56. The summed E-state index contributed by atoms with van der Waals surface area (Å²) in [7, 11) is 0. The van der Waals surface area contributed by atoms with Crippen molar-refractivity contribution >= 4 is 57.9 Å². The van der Waals surface area contributed by atoms with Crippen molar-refractivity contribution in [2.75, 3.05) is 46.0 Å².